The lowest BCUT2D eigenvalue weighted by Gasteiger charge is -2.53. The van der Waals surface area contributed by atoms with Crippen LogP contribution in [0.1, 0.15) is 40.2 Å². The number of nitrogens with zero attached hydrogens (tertiary/aromatic N) is 1. The SMILES string of the molecule is CCOc1ccc2c(c1)C(C)=CC(C)(C)N2C1O[C@H](CO)[C@@H](O)[C@H](O)[C@H]1ONC(C)=O. The number of fused-ring (bicyclic) bond motifs is 1. The lowest BCUT2D eigenvalue weighted by atomic mass is 9.86. The lowest BCUT2D eigenvalue weighted by Crippen LogP contribution is -2.68. The van der Waals surface area contributed by atoms with Gasteiger partial charge in [-0.3, -0.25) is 9.63 Å². The highest BCUT2D eigenvalue weighted by molar-refractivity contribution is 5.82. The van der Waals surface area contributed by atoms with E-state index in [4.69, 9.17) is 14.3 Å². The molecule has 31 heavy (non-hydrogen) atoms. The number of benzene rings is 1. The summed E-state index contributed by atoms with van der Waals surface area (Å²) in [6, 6.07) is 5.70. The van der Waals surface area contributed by atoms with Crippen LogP contribution in [0.3, 0.4) is 0 Å². The van der Waals surface area contributed by atoms with E-state index in [-0.39, 0.29) is 0 Å². The summed E-state index contributed by atoms with van der Waals surface area (Å²) in [6.45, 7) is 9.23. The Balaban J connectivity index is 2.08. The van der Waals surface area contributed by atoms with E-state index in [0.717, 1.165) is 22.6 Å². The number of hydrogen-bond donors (Lipinski definition) is 4. The first-order valence-corrected chi connectivity index (χ1v) is 10.4. The van der Waals surface area contributed by atoms with Gasteiger partial charge >= 0.3 is 0 Å². The summed E-state index contributed by atoms with van der Waals surface area (Å²) in [6.07, 6.45) is -3.78. The maximum Gasteiger partial charge on any atom is 0.240 e. The second-order valence-corrected chi connectivity index (χ2v) is 8.43. The van der Waals surface area contributed by atoms with E-state index in [1.165, 1.54) is 6.92 Å². The highest BCUT2D eigenvalue weighted by Gasteiger charge is 2.51. The Morgan fingerprint density at radius 1 is 1.29 bits per heavy atom. The van der Waals surface area contributed by atoms with Gasteiger partial charge in [0.25, 0.3) is 0 Å². The largest absolute Gasteiger partial charge is 0.494 e. The predicted octanol–water partition coefficient (Wildman–Crippen LogP) is 0.962. The third kappa shape index (κ3) is 4.56. The molecule has 172 valence electrons. The molecule has 9 heteroatoms. The number of aliphatic hydroxyl groups excluding tert-OH is 3. The number of ether oxygens (including phenoxy) is 2. The monoisotopic (exact) mass is 436 g/mol. The fraction of sp³-hybridized carbons (Fsp3) is 0.591. The van der Waals surface area contributed by atoms with Crippen molar-refractivity contribution in [1.29, 1.82) is 0 Å². The number of hydroxylamine groups is 1. The molecule has 4 N–H and O–H groups in total. The van der Waals surface area contributed by atoms with Crippen molar-refractivity contribution < 1.29 is 34.4 Å². The van der Waals surface area contributed by atoms with Crippen LogP contribution < -0.4 is 15.1 Å². The van der Waals surface area contributed by atoms with Crippen molar-refractivity contribution >= 4 is 17.2 Å². The van der Waals surface area contributed by atoms with E-state index >= 15 is 0 Å². The molecule has 3 rings (SSSR count). The Hall–Kier alpha value is -2.17. The van der Waals surface area contributed by atoms with Crippen LogP contribution in [0.4, 0.5) is 5.69 Å². The van der Waals surface area contributed by atoms with E-state index in [0.29, 0.717) is 6.61 Å². The molecule has 5 atom stereocenters. The summed E-state index contributed by atoms with van der Waals surface area (Å²) in [4.78, 5) is 18.9. The number of amides is 1. The summed E-state index contributed by atoms with van der Waals surface area (Å²) >= 11 is 0. The first kappa shape index (κ1) is 23.5. The van der Waals surface area contributed by atoms with Crippen molar-refractivity contribution in [2.24, 2.45) is 0 Å². The van der Waals surface area contributed by atoms with Crippen molar-refractivity contribution in [3.63, 3.8) is 0 Å². The molecule has 2 aliphatic heterocycles. The lowest BCUT2D eigenvalue weighted by molar-refractivity contribution is -0.254. The van der Waals surface area contributed by atoms with Crippen LogP contribution >= 0.6 is 0 Å². The average Bonchev–Trinajstić information content (AvgIpc) is 2.69. The fourth-order valence-corrected chi connectivity index (χ4v) is 4.31. The zero-order valence-electron chi connectivity index (χ0n) is 18.5. The van der Waals surface area contributed by atoms with E-state index in [2.05, 4.69) is 11.6 Å². The molecule has 0 aromatic heterocycles. The highest BCUT2D eigenvalue weighted by atomic mass is 16.7. The number of anilines is 1. The molecule has 0 aliphatic carbocycles. The molecule has 0 saturated carbocycles. The predicted molar refractivity (Wildman–Crippen MR) is 114 cm³/mol. The number of allylic oxidation sites excluding steroid dienone is 1. The average molecular weight is 437 g/mol. The van der Waals surface area contributed by atoms with Gasteiger partial charge in [-0.1, -0.05) is 6.08 Å². The first-order valence-electron chi connectivity index (χ1n) is 10.4. The summed E-state index contributed by atoms with van der Waals surface area (Å²) in [7, 11) is 0. The molecule has 1 saturated heterocycles. The van der Waals surface area contributed by atoms with Gasteiger partial charge in [-0.25, -0.2) is 5.48 Å². The van der Waals surface area contributed by atoms with Crippen LogP contribution in [0.5, 0.6) is 5.75 Å². The van der Waals surface area contributed by atoms with E-state index < -0.39 is 48.7 Å². The molecule has 1 fully saturated rings. The number of aliphatic hydroxyl groups is 3. The fourth-order valence-electron chi connectivity index (χ4n) is 4.31. The van der Waals surface area contributed by atoms with Crippen molar-refractivity contribution in [1.82, 2.24) is 5.48 Å². The van der Waals surface area contributed by atoms with Crippen LogP contribution in [0.15, 0.2) is 24.3 Å². The molecule has 9 nitrogen and oxygen atoms in total. The Morgan fingerprint density at radius 2 is 2.00 bits per heavy atom. The molecule has 1 unspecified atom stereocenters. The smallest absolute Gasteiger partial charge is 0.240 e. The van der Waals surface area contributed by atoms with E-state index in [1.807, 2.05) is 50.8 Å². The summed E-state index contributed by atoms with van der Waals surface area (Å²) in [5.74, 6) is 0.271. The molecular weight excluding hydrogens is 404 g/mol. The summed E-state index contributed by atoms with van der Waals surface area (Å²) < 4.78 is 11.7. The van der Waals surface area contributed by atoms with Gasteiger partial charge in [0, 0.05) is 18.2 Å². The van der Waals surface area contributed by atoms with Gasteiger partial charge in [0.2, 0.25) is 5.91 Å². The first-order chi connectivity index (χ1) is 14.6. The Kier molecular flexibility index (Phi) is 6.92. The third-order valence-electron chi connectivity index (χ3n) is 5.59. The molecule has 1 aromatic rings. The van der Waals surface area contributed by atoms with Gasteiger partial charge in [-0.15, -0.1) is 0 Å². The zero-order valence-corrected chi connectivity index (χ0v) is 18.5. The normalized spacial score (nSPS) is 29.7. The molecule has 2 aliphatic rings. The molecule has 0 bridgehead atoms. The van der Waals surface area contributed by atoms with Gasteiger partial charge in [0.05, 0.1) is 18.8 Å². The van der Waals surface area contributed by atoms with Gasteiger partial charge < -0.3 is 29.7 Å². The summed E-state index contributed by atoms with van der Waals surface area (Å²) in [5, 5.41) is 30.8. The van der Waals surface area contributed by atoms with Crippen LogP contribution in [-0.4, -0.2) is 70.6 Å². The standard InChI is InChI=1S/C22H32N2O7/c1-6-29-14-7-8-16-15(9-14)12(2)10-22(4,5)24(16)21-20(31-23-13(3)26)19(28)18(27)17(11-25)30-21/h7-10,17-21,25,27-28H,6,11H2,1-5H3,(H,23,26)/t17-,18-,19+,20-,21?/m1/s1. The van der Waals surface area contributed by atoms with Crippen molar-refractivity contribution in [3.05, 3.63) is 29.8 Å². The molecule has 0 spiro atoms. The number of hydrogen-bond acceptors (Lipinski definition) is 8. The summed E-state index contributed by atoms with van der Waals surface area (Å²) in [5.41, 5.74) is 4.45. The van der Waals surface area contributed by atoms with Gasteiger partial charge in [0.15, 0.2) is 12.3 Å². The van der Waals surface area contributed by atoms with Crippen LogP contribution in [0.25, 0.3) is 5.57 Å². The zero-order chi connectivity index (χ0) is 22.9. The van der Waals surface area contributed by atoms with Gasteiger partial charge in [0.1, 0.15) is 24.1 Å². The maximum atomic E-state index is 11.4. The highest BCUT2D eigenvalue weighted by Crippen LogP contribution is 2.44. The molecule has 1 amide bonds. The topological polar surface area (TPSA) is 121 Å². The Bertz CT molecular complexity index is 841. The number of nitrogens with one attached hydrogen (secondary N) is 1. The molecule has 0 radical (unpaired) electrons. The minimum absolute atomic E-state index is 0.458. The maximum absolute atomic E-state index is 11.4. The van der Waals surface area contributed by atoms with Crippen molar-refractivity contribution in [2.75, 3.05) is 18.1 Å². The van der Waals surface area contributed by atoms with Crippen molar-refractivity contribution in [3.8, 4) is 5.75 Å². The second kappa shape index (κ2) is 9.13. The van der Waals surface area contributed by atoms with Crippen LogP contribution in [0, 0.1) is 0 Å². The number of carbonyl (C=O) groups is 1. The molecule has 2 heterocycles. The quantitative estimate of drug-likeness (QED) is 0.487. The van der Waals surface area contributed by atoms with Crippen LogP contribution in [0.2, 0.25) is 0 Å². The number of carbonyl (C=O) groups excluding carboxylic acids is 1. The van der Waals surface area contributed by atoms with Crippen molar-refractivity contribution in [2.45, 2.75) is 70.8 Å². The second-order valence-electron chi connectivity index (χ2n) is 8.43. The van der Waals surface area contributed by atoms with E-state index in [9.17, 15) is 20.1 Å². The van der Waals surface area contributed by atoms with Gasteiger partial charge in [-0.2, -0.15) is 0 Å². The number of rotatable bonds is 6. The Morgan fingerprint density at radius 3 is 2.61 bits per heavy atom. The molecule has 1 aromatic carbocycles. The van der Waals surface area contributed by atoms with Gasteiger partial charge in [-0.05, 0) is 51.5 Å². The molecular formula is C22H32N2O7. The minimum atomic E-state index is -1.41. The third-order valence-corrected chi connectivity index (χ3v) is 5.59. The van der Waals surface area contributed by atoms with Crippen LogP contribution in [-0.2, 0) is 14.4 Å². The minimum Gasteiger partial charge on any atom is -0.494 e. The van der Waals surface area contributed by atoms with E-state index in [1.54, 1.807) is 0 Å². The Labute approximate surface area is 182 Å².